The first kappa shape index (κ1) is 20.6. The number of hydrogen-bond acceptors (Lipinski definition) is 4. The van der Waals surface area contributed by atoms with Crippen LogP contribution < -0.4 is 9.64 Å². The number of nitrogens with one attached hydrogen (secondary N) is 1. The van der Waals surface area contributed by atoms with Crippen LogP contribution in [-0.4, -0.2) is 55.5 Å². The summed E-state index contributed by atoms with van der Waals surface area (Å²) in [4.78, 5) is 28.4. The molecule has 2 aromatic rings. The van der Waals surface area contributed by atoms with Crippen LogP contribution in [0, 0.1) is 0 Å². The van der Waals surface area contributed by atoms with Gasteiger partial charge in [0.25, 0.3) is 11.7 Å². The van der Waals surface area contributed by atoms with Crippen LogP contribution in [0.4, 0.5) is 0 Å². The van der Waals surface area contributed by atoms with Gasteiger partial charge in [-0.3, -0.25) is 9.59 Å². The molecule has 1 fully saturated rings. The molecule has 0 radical (unpaired) electrons. The molecule has 0 bridgehead atoms. The molecule has 2 aromatic carbocycles. The van der Waals surface area contributed by atoms with E-state index < -0.39 is 17.7 Å². The van der Waals surface area contributed by atoms with Crippen LogP contribution in [0.2, 0.25) is 0 Å². The minimum Gasteiger partial charge on any atom is -0.507 e. The molecule has 2 N–H and O–H groups in total. The second-order valence-electron chi connectivity index (χ2n) is 7.32. The number of hydrogen-bond donors (Lipinski definition) is 2. The number of likely N-dealkylation sites (tertiary alicyclic amines) is 1. The van der Waals surface area contributed by atoms with Gasteiger partial charge in [-0.2, -0.15) is 0 Å². The van der Waals surface area contributed by atoms with Crippen molar-refractivity contribution < 1.29 is 24.3 Å². The maximum Gasteiger partial charge on any atom is 0.295 e. The Balaban J connectivity index is 2.09. The number of aliphatic hydroxyl groups excluding tert-OH is 1. The monoisotopic (exact) mass is 395 g/mol. The number of rotatable bonds is 7. The van der Waals surface area contributed by atoms with Crippen LogP contribution >= 0.6 is 0 Å². The first-order valence-corrected chi connectivity index (χ1v) is 9.79. The van der Waals surface area contributed by atoms with Crippen molar-refractivity contribution in [2.45, 2.75) is 13.0 Å². The molecule has 0 aromatic heterocycles. The van der Waals surface area contributed by atoms with Crippen LogP contribution in [0.5, 0.6) is 5.75 Å². The SMILES string of the molecule is CCOc1ccc([C@@H]2C(=C(O)c3ccccc3)C(=O)C(=O)N2CC[NH+](C)C)cc1. The van der Waals surface area contributed by atoms with Gasteiger partial charge in [0, 0.05) is 5.56 Å². The Kier molecular flexibility index (Phi) is 6.34. The van der Waals surface area contributed by atoms with Crippen molar-refractivity contribution in [2.24, 2.45) is 0 Å². The Bertz CT molecular complexity index is 904. The summed E-state index contributed by atoms with van der Waals surface area (Å²) >= 11 is 0. The van der Waals surface area contributed by atoms with Gasteiger partial charge in [0.15, 0.2) is 0 Å². The fraction of sp³-hybridized carbons (Fsp3) is 0.304. The molecule has 29 heavy (non-hydrogen) atoms. The number of carbonyl (C=O) groups is 2. The molecular formula is C23H27N2O4+. The molecule has 1 aliphatic heterocycles. The van der Waals surface area contributed by atoms with Crippen molar-refractivity contribution >= 4 is 17.4 Å². The summed E-state index contributed by atoms with van der Waals surface area (Å²) in [5.74, 6) is -0.668. The van der Waals surface area contributed by atoms with E-state index in [9.17, 15) is 14.7 Å². The number of quaternary nitrogens is 1. The Morgan fingerprint density at radius 2 is 1.72 bits per heavy atom. The summed E-state index contributed by atoms with van der Waals surface area (Å²) in [6, 6.07) is 15.5. The zero-order valence-corrected chi connectivity index (χ0v) is 17.0. The summed E-state index contributed by atoms with van der Waals surface area (Å²) in [7, 11) is 3.99. The first-order chi connectivity index (χ1) is 13.9. The summed E-state index contributed by atoms with van der Waals surface area (Å²) in [6.45, 7) is 3.56. The molecule has 152 valence electrons. The standard InChI is InChI=1S/C23H26N2O4/c1-4-29-18-12-10-16(11-13-18)20-19(21(26)17-8-6-5-7-9-17)22(27)23(28)25(20)15-14-24(2)3/h5-13,20,26H,4,14-15H2,1-3H3/p+1/t20-/m1/s1. The Morgan fingerprint density at radius 3 is 2.31 bits per heavy atom. The van der Waals surface area contributed by atoms with Crippen LogP contribution in [0.3, 0.4) is 0 Å². The Labute approximate surface area is 171 Å². The predicted molar refractivity (Wildman–Crippen MR) is 111 cm³/mol. The second kappa shape index (κ2) is 8.92. The smallest absolute Gasteiger partial charge is 0.295 e. The van der Waals surface area contributed by atoms with Gasteiger partial charge in [-0.15, -0.1) is 0 Å². The zero-order valence-electron chi connectivity index (χ0n) is 17.0. The molecule has 1 heterocycles. The average molecular weight is 395 g/mol. The molecule has 3 rings (SSSR count). The van der Waals surface area contributed by atoms with E-state index in [2.05, 4.69) is 0 Å². The fourth-order valence-corrected chi connectivity index (χ4v) is 3.47. The van der Waals surface area contributed by atoms with E-state index in [1.165, 1.54) is 4.90 Å². The number of amides is 1. The lowest BCUT2D eigenvalue weighted by atomic mass is 9.95. The van der Waals surface area contributed by atoms with E-state index in [0.29, 0.717) is 31.0 Å². The van der Waals surface area contributed by atoms with Gasteiger partial charge in [0.2, 0.25) is 0 Å². The maximum absolute atomic E-state index is 12.9. The van der Waals surface area contributed by atoms with Crippen LogP contribution in [0.15, 0.2) is 60.2 Å². The lowest BCUT2D eigenvalue weighted by molar-refractivity contribution is -0.857. The summed E-state index contributed by atoms with van der Waals surface area (Å²) in [6.07, 6.45) is 0. The number of aliphatic hydroxyl groups is 1. The summed E-state index contributed by atoms with van der Waals surface area (Å²) in [5.41, 5.74) is 1.40. The number of ketones is 1. The molecule has 6 nitrogen and oxygen atoms in total. The predicted octanol–water partition coefficient (Wildman–Crippen LogP) is 1.65. The van der Waals surface area contributed by atoms with Crippen LogP contribution in [0.25, 0.3) is 5.76 Å². The van der Waals surface area contributed by atoms with Crippen molar-refractivity contribution in [3.8, 4) is 5.75 Å². The Hall–Kier alpha value is -3.12. The second-order valence-corrected chi connectivity index (χ2v) is 7.32. The molecule has 6 heteroatoms. The quantitative estimate of drug-likeness (QED) is 0.425. The number of likely N-dealkylation sites (N-methyl/N-ethyl adjacent to an activating group) is 1. The zero-order chi connectivity index (χ0) is 21.0. The summed E-state index contributed by atoms with van der Waals surface area (Å²) < 4.78 is 5.50. The largest absolute Gasteiger partial charge is 0.507 e. The van der Waals surface area contributed by atoms with Gasteiger partial charge >= 0.3 is 0 Å². The van der Waals surface area contributed by atoms with Crippen molar-refractivity contribution in [2.75, 3.05) is 33.8 Å². The van der Waals surface area contributed by atoms with Crippen molar-refractivity contribution in [1.82, 2.24) is 4.90 Å². The number of nitrogens with zero attached hydrogens (tertiary/aromatic N) is 1. The minimum absolute atomic E-state index is 0.124. The van der Waals surface area contributed by atoms with Crippen LogP contribution in [0.1, 0.15) is 24.1 Å². The third-order valence-corrected chi connectivity index (χ3v) is 4.95. The topological polar surface area (TPSA) is 71.3 Å². The number of benzene rings is 2. The number of ether oxygens (including phenoxy) is 1. The van der Waals surface area contributed by atoms with Crippen LogP contribution in [-0.2, 0) is 9.59 Å². The third kappa shape index (κ3) is 4.32. The van der Waals surface area contributed by atoms with Gasteiger partial charge in [0.1, 0.15) is 11.5 Å². The summed E-state index contributed by atoms with van der Waals surface area (Å²) in [5, 5.41) is 10.9. The minimum atomic E-state index is -0.654. The van der Waals surface area contributed by atoms with Crippen molar-refractivity contribution in [1.29, 1.82) is 0 Å². The van der Waals surface area contributed by atoms with E-state index >= 15 is 0 Å². The average Bonchev–Trinajstić information content (AvgIpc) is 2.98. The Morgan fingerprint density at radius 1 is 1.07 bits per heavy atom. The van der Waals surface area contributed by atoms with E-state index in [4.69, 9.17) is 4.74 Å². The molecule has 0 saturated carbocycles. The third-order valence-electron chi connectivity index (χ3n) is 4.95. The highest BCUT2D eigenvalue weighted by atomic mass is 16.5. The molecule has 0 aliphatic carbocycles. The van der Waals surface area contributed by atoms with Gasteiger partial charge in [-0.1, -0.05) is 42.5 Å². The molecule has 1 atom stereocenters. The fourth-order valence-electron chi connectivity index (χ4n) is 3.47. The molecular weight excluding hydrogens is 368 g/mol. The molecule has 1 aliphatic rings. The van der Waals surface area contributed by atoms with E-state index in [1.54, 1.807) is 29.2 Å². The molecule has 1 saturated heterocycles. The highest BCUT2D eigenvalue weighted by Gasteiger charge is 2.46. The normalized spacial score (nSPS) is 18.5. The van der Waals surface area contributed by atoms with Crippen molar-refractivity contribution in [3.05, 3.63) is 71.3 Å². The highest BCUT2D eigenvalue weighted by molar-refractivity contribution is 6.46. The van der Waals surface area contributed by atoms with Gasteiger partial charge in [0.05, 0.1) is 45.4 Å². The first-order valence-electron chi connectivity index (χ1n) is 9.79. The number of Topliss-reactive ketones (excluding diaryl/α,β-unsaturated/α-hetero) is 1. The highest BCUT2D eigenvalue weighted by Crippen LogP contribution is 2.39. The van der Waals surface area contributed by atoms with E-state index in [-0.39, 0.29) is 11.3 Å². The number of carbonyl (C=O) groups excluding carboxylic acids is 2. The molecule has 0 unspecified atom stereocenters. The van der Waals surface area contributed by atoms with E-state index in [1.807, 2.05) is 51.4 Å². The van der Waals surface area contributed by atoms with Crippen molar-refractivity contribution in [3.63, 3.8) is 0 Å². The maximum atomic E-state index is 12.9. The van der Waals surface area contributed by atoms with E-state index in [0.717, 1.165) is 5.56 Å². The van der Waals surface area contributed by atoms with Gasteiger partial charge in [-0.05, 0) is 24.6 Å². The lowest BCUT2D eigenvalue weighted by Crippen LogP contribution is -3.06. The lowest BCUT2D eigenvalue weighted by Gasteiger charge is -2.25. The van der Waals surface area contributed by atoms with Gasteiger partial charge < -0.3 is 19.6 Å². The molecule has 0 spiro atoms. The molecule has 1 amide bonds. The van der Waals surface area contributed by atoms with Gasteiger partial charge in [-0.25, -0.2) is 0 Å².